The lowest BCUT2D eigenvalue weighted by Gasteiger charge is -2.42. The zero-order valence-electron chi connectivity index (χ0n) is 39.9. The van der Waals surface area contributed by atoms with Crippen molar-refractivity contribution in [2.45, 2.75) is 142 Å². The molecule has 63 heavy (non-hydrogen) atoms. The van der Waals surface area contributed by atoms with Crippen LogP contribution in [-0.2, 0) is 33.5 Å². The first-order valence-electron chi connectivity index (χ1n) is 23.5. The molecule has 1 aromatic heterocycles. The molecule has 0 saturated carbocycles. The molecule has 322 valence electrons. The number of fused-ring (bicyclic) bond motifs is 6. The van der Waals surface area contributed by atoms with Crippen LogP contribution in [0.25, 0.3) is 21.2 Å². The summed E-state index contributed by atoms with van der Waals surface area (Å²) in [4.78, 5) is 5.14. The van der Waals surface area contributed by atoms with Gasteiger partial charge in [-0.3, -0.25) is 0 Å². The average molecular weight is 847 g/mol. The van der Waals surface area contributed by atoms with Gasteiger partial charge in [-0.1, -0.05) is 131 Å². The van der Waals surface area contributed by atoms with Gasteiger partial charge >= 0.3 is 0 Å². The molecule has 0 aliphatic heterocycles. The molecule has 3 aliphatic carbocycles. The summed E-state index contributed by atoms with van der Waals surface area (Å²) in [6.45, 7) is 28.7. The third kappa shape index (κ3) is 7.05. The maximum absolute atomic E-state index is 2.59. The lowest BCUT2D eigenvalue weighted by Crippen LogP contribution is -2.34. The number of aryl methyl sites for hydroxylation is 1. The molecular weight excluding hydrogens is 781 g/mol. The Kier molecular flexibility index (Phi) is 9.60. The largest absolute Gasteiger partial charge is 0.310 e. The van der Waals surface area contributed by atoms with Crippen molar-refractivity contribution in [1.82, 2.24) is 0 Å². The molecule has 3 heteroatoms. The van der Waals surface area contributed by atoms with Crippen molar-refractivity contribution in [2.24, 2.45) is 0 Å². The van der Waals surface area contributed by atoms with E-state index in [-0.39, 0.29) is 27.1 Å². The molecule has 2 nitrogen and oxygen atoms in total. The van der Waals surface area contributed by atoms with Gasteiger partial charge in [-0.05, 0) is 177 Å². The van der Waals surface area contributed by atoms with Crippen LogP contribution in [0, 0.1) is 6.92 Å². The van der Waals surface area contributed by atoms with Crippen LogP contribution >= 0.6 is 11.3 Å². The van der Waals surface area contributed by atoms with Crippen molar-refractivity contribution in [2.75, 3.05) is 9.80 Å². The summed E-state index contributed by atoms with van der Waals surface area (Å²) in [5.41, 5.74) is 21.8. The van der Waals surface area contributed by atoms with E-state index >= 15 is 0 Å². The highest BCUT2D eigenvalue weighted by Gasteiger charge is 2.39. The van der Waals surface area contributed by atoms with E-state index in [4.69, 9.17) is 0 Å². The Morgan fingerprint density at radius 1 is 0.492 bits per heavy atom. The van der Waals surface area contributed by atoms with E-state index in [2.05, 4.69) is 214 Å². The van der Waals surface area contributed by atoms with Crippen LogP contribution in [0.15, 0.2) is 121 Å². The third-order valence-corrected chi connectivity index (χ3v) is 16.4. The monoisotopic (exact) mass is 846 g/mol. The summed E-state index contributed by atoms with van der Waals surface area (Å²) < 4.78 is 1.36. The van der Waals surface area contributed by atoms with E-state index in [1.165, 1.54) is 126 Å². The number of anilines is 6. The van der Waals surface area contributed by atoms with Crippen LogP contribution in [0.4, 0.5) is 34.1 Å². The zero-order valence-corrected chi connectivity index (χ0v) is 40.7. The van der Waals surface area contributed by atoms with Crippen molar-refractivity contribution >= 4 is 55.5 Å². The predicted molar refractivity (Wildman–Crippen MR) is 273 cm³/mol. The average Bonchev–Trinajstić information content (AvgIpc) is 3.83. The second kappa shape index (κ2) is 14.4. The molecule has 1 heterocycles. The fourth-order valence-corrected chi connectivity index (χ4v) is 12.2. The predicted octanol–water partition coefficient (Wildman–Crippen LogP) is 17.7. The van der Waals surface area contributed by atoms with Crippen molar-refractivity contribution in [3.05, 3.63) is 165 Å². The Morgan fingerprint density at radius 3 is 1.70 bits per heavy atom. The van der Waals surface area contributed by atoms with Crippen molar-refractivity contribution < 1.29 is 0 Å². The maximum atomic E-state index is 2.59. The summed E-state index contributed by atoms with van der Waals surface area (Å²) in [6, 6.07) is 45.2. The van der Waals surface area contributed by atoms with Gasteiger partial charge in [0.05, 0.1) is 11.4 Å². The lowest BCUT2D eigenvalue weighted by atomic mass is 9.63. The highest BCUT2D eigenvalue weighted by molar-refractivity contribution is 7.17. The zero-order chi connectivity index (χ0) is 44.4. The number of rotatable bonds is 6. The van der Waals surface area contributed by atoms with Crippen molar-refractivity contribution in [1.29, 1.82) is 0 Å². The van der Waals surface area contributed by atoms with Crippen LogP contribution < -0.4 is 9.80 Å². The maximum Gasteiger partial charge on any atom is 0.0647 e. The second-order valence-corrected chi connectivity index (χ2v) is 23.8. The molecule has 0 bridgehead atoms. The molecule has 0 atom stereocenters. The molecule has 0 fully saturated rings. The van der Waals surface area contributed by atoms with Gasteiger partial charge in [0.25, 0.3) is 0 Å². The first-order valence-corrected chi connectivity index (χ1v) is 24.3. The van der Waals surface area contributed by atoms with Gasteiger partial charge in [-0.25, -0.2) is 0 Å². The van der Waals surface area contributed by atoms with Crippen LogP contribution in [0.1, 0.15) is 146 Å². The molecule has 6 aromatic carbocycles. The van der Waals surface area contributed by atoms with E-state index in [1.54, 1.807) is 0 Å². The normalized spacial score (nSPS) is 17.7. The fourth-order valence-electron chi connectivity index (χ4n) is 11.3. The quantitative estimate of drug-likeness (QED) is 0.164. The highest BCUT2D eigenvalue weighted by Crippen LogP contribution is 2.54. The number of thiophene rings is 1. The van der Waals surface area contributed by atoms with Gasteiger partial charge in [0.15, 0.2) is 0 Å². The van der Waals surface area contributed by atoms with Gasteiger partial charge in [0.1, 0.15) is 0 Å². The van der Waals surface area contributed by atoms with Gasteiger partial charge in [0.2, 0.25) is 0 Å². The summed E-state index contributed by atoms with van der Waals surface area (Å²) >= 11 is 1.89. The number of hydrogen-bond acceptors (Lipinski definition) is 3. The van der Waals surface area contributed by atoms with Crippen molar-refractivity contribution in [3.8, 4) is 11.1 Å². The van der Waals surface area contributed by atoms with Gasteiger partial charge in [0, 0.05) is 43.8 Å². The molecule has 0 saturated heterocycles. The van der Waals surface area contributed by atoms with E-state index < -0.39 is 0 Å². The molecular formula is C60H66N2S. The molecule has 3 aliphatic rings. The van der Waals surface area contributed by atoms with Crippen LogP contribution in [0.3, 0.4) is 0 Å². The standard InChI is InChI=1S/C60H66N2S/c1-38-30-44(61(42-22-20-41(21-23-42)56(2,3)4)53-37-63-54-36-51-50(35-47(53)54)59(9,10)28-29-60(51,11)12)33-45(31-38)62(43-24-25-48-49(34-43)58(7,8)27-26-57(48,5)6)52-19-15-17-40-32-39-16-13-14-18-46(39)55(40)52/h13-25,30-31,33-37H,26-29,32H2,1-12H3. The molecule has 0 N–H and O–H groups in total. The van der Waals surface area contributed by atoms with Crippen LogP contribution in [0.2, 0.25) is 0 Å². The topological polar surface area (TPSA) is 6.48 Å². The summed E-state index contributed by atoms with van der Waals surface area (Å²) in [6.07, 6.45) is 5.73. The van der Waals surface area contributed by atoms with Gasteiger partial charge < -0.3 is 9.80 Å². The minimum absolute atomic E-state index is 0.0557. The summed E-state index contributed by atoms with van der Waals surface area (Å²) in [5.74, 6) is 0. The second-order valence-electron chi connectivity index (χ2n) is 22.9. The molecule has 0 spiro atoms. The Morgan fingerprint density at radius 2 is 1.05 bits per heavy atom. The Labute approximate surface area is 382 Å². The van der Waals surface area contributed by atoms with Crippen LogP contribution in [-0.4, -0.2) is 0 Å². The number of benzene rings is 6. The van der Waals surface area contributed by atoms with E-state index in [9.17, 15) is 0 Å². The Bertz CT molecular complexity index is 2930. The van der Waals surface area contributed by atoms with E-state index in [1.807, 2.05) is 11.3 Å². The highest BCUT2D eigenvalue weighted by atomic mass is 32.1. The molecule has 0 amide bonds. The number of nitrogens with zero attached hydrogens (tertiary/aromatic N) is 2. The minimum Gasteiger partial charge on any atom is -0.310 e. The molecule has 7 aromatic rings. The van der Waals surface area contributed by atoms with E-state index in [0.717, 1.165) is 6.42 Å². The number of hydrogen-bond donors (Lipinski definition) is 0. The lowest BCUT2D eigenvalue weighted by molar-refractivity contribution is 0.332. The SMILES string of the molecule is Cc1cc(N(c2ccc3c(c2)C(C)(C)CCC3(C)C)c2cccc3c2-c2ccccc2C3)cc(N(c2ccc(C(C)(C)C)cc2)c2csc3cc4c(cc23)C(C)(C)CCC4(C)C)c1. The Hall–Kier alpha value is -5.12. The molecule has 0 radical (unpaired) electrons. The smallest absolute Gasteiger partial charge is 0.0647 e. The Balaban J connectivity index is 1.22. The first-order chi connectivity index (χ1) is 29.7. The van der Waals surface area contributed by atoms with Gasteiger partial charge in [-0.2, -0.15) is 0 Å². The summed E-state index contributed by atoms with van der Waals surface area (Å²) in [7, 11) is 0. The van der Waals surface area contributed by atoms with Gasteiger partial charge in [-0.15, -0.1) is 11.3 Å². The van der Waals surface area contributed by atoms with Crippen molar-refractivity contribution in [3.63, 3.8) is 0 Å². The fraction of sp³-hybridized carbons (Fsp3) is 0.367. The van der Waals surface area contributed by atoms with E-state index in [0.29, 0.717) is 0 Å². The van der Waals surface area contributed by atoms with Crippen LogP contribution in [0.5, 0.6) is 0 Å². The third-order valence-electron chi connectivity index (χ3n) is 15.5. The summed E-state index contributed by atoms with van der Waals surface area (Å²) in [5, 5.41) is 3.75. The molecule has 10 rings (SSSR count). The molecule has 0 unspecified atom stereocenters. The first kappa shape index (κ1) is 41.9. The minimum atomic E-state index is 0.0557.